The zero-order valence-electron chi connectivity index (χ0n) is 11.2. The number of aromatic nitrogens is 2. The van der Waals surface area contributed by atoms with Crippen LogP contribution < -0.4 is 0 Å². The molecule has 0 N–H and O–H groups in total. The third-order valence-electron chi connectivity index (χ3n) is 4.34. The molecule has 1 saturated carbocycles. The predicted molar refractivity (Wildman–Crippen MR) is 68.3 cm³/mol. The largest absolute Gasteiger partial charge is 0.365 e. The molecule has 0 aromatic carbocycles. The molecule has 0 amide bonds. The summed E-state index contributed by atoms with van der Waals surface area (Å²) in [4.78, 5) is 4.19. The van der Waals surface area contributed by atoms with Crippen LogP contribution in [0.15, 0.2) is 4.52 Å². The summed E-state index contributed by atoms with van der Waals surface area (Å²) in [6, 6.07) is 0. The van der Waals surface area contributed by atoms with Crippen molar-refractivity contribution in [2.24, 2.45) is 5.92 Å². The van der Waals surface area contributed by atoms with Gasteiger partial charge in [-0.3, -0.25) is 0 Å². The Morgan fingerprint density at radius 1 is 1.30 bits per heavy atom. The minimum Gasteiger partial charge on any atom is -0.365 e. The van der Waals surface area contributed by atoms with E-state index in [0.29, 0.717) is 24.8 Å². The molecule has 0 radical (unpaired) electrons. The van der Waals surface area contributed by atoms with Crippen LogP contribution in [0.2, 0.25) is 0 Å². The standard InChI is InChI=1S/C12H17N3O4S/c1-7-13-12(14-19-7)10-4-8-5-15(6-11(8)18-10)20(16,17)9-2-3-9/h8-11H,2-6H2,1H3/t8-,10-,11+/m0/s1. The molecule has 1 aromatic rings. The zero-order valence-corrected chi connectivity index (χ0v) is 12.0. The highest BCUT2D eigenvalue weighted by Gasteiger charge is 2.50. The lowest BCUT2D eigenvalue weighted by atomic mass is 10.0. The molecule has 1 aromatic heterocycles. The van der Waals surface area contributed by atoms with E-state index in [1.54, 1.807) is 11.2 Å². The fraction of sp³-hybridized carbons (Fsp3) is 0.833. The van der Waals surface area contributed by atoms with Gasteiger partial charge in [0.05, 0.1) is 11.4 Å². The van der Waals surface area contributed by atoms with Crippen LogP contribution in [0.5, 0.6) is 0 Å². The van der Waals surface area contributed by atoms with Gasteiger partial charge in [-0.1, -0.05) is 5.16 Å². The number of aryl methyl sites for hydroxylation is 1. The highest BCUT2D eigenvalue weighted by Crippen LogP contribution is 2.42. The Morgan fingerprint density at radius 3 is 2.70 bits per heavy atom. The predicted octanol–water partition coefficient (Wildman–Crippen LogP) is 0.632. The highest BCUT2D eigenvalue weighted by atomic mass is 32.2. The Hall–Kier alpha value is -0.990. The molecule has 0 spiro atoms. The van der Waals surface area contributed by atoms with Crippen molar-refractivity contribution in [1.29, 1.82) is 0 Å². The van der Waals surface area contributed by atoms with Crippen LogP contribution in [0.25, 0.3) is 0 Å². The molecule has 1 aliphatic carbocycles. The Morgan fingerprint density at radius 2 is 2.10 bits per heavy atom. The third-order valence-corrected chi connectivity index (χ3v) is 6.67. The lowest BCUT2D eigenvalue weighted by Gasteiger charge is -2.17. The molecule has 0 unspecified atom stereocenters. The van der Waals surface area contributed by atoms with Crippen LogP contribution in [-0.2, 0) is 14.8 Å². The van der Waals surface area contributed by atoms with Crippen molar-refractivity contribution in [2.45, 2.75) is 43.6 Å². The molecular weight excluding hydrogens is 282 g/mol. The molecule has 3 atom stereocenters. The van der Waals surface area contributed by atoms with Gasteiger partial charge in [0.1, 0.15) is 6.10 Å². The number of fused-ring (bicyclic) bond motifs is 1. The van der Waals surface area contributed by atoms with Crippen molar-refractivity contribution >= 4 is 10.0 Å². The molecule has 20 heavy (non-hydrogen) atoms. The van der Waals surface area contributed by atoms with E-state index in [9.17, 15) is 8.42 Å². The summed E-state index contributed by atoms with van der Waals surface area (Å²) in [5.41, 5.74) is 0. The molecule has 3 aliphatic rings. The molecule has 7 nitrogen and oxygen atoms in total. The van der Waals surface area contributed by atoms with Crippen LogP contribution in [0.4, 0.5) is 0 Å². The van der Waals surface area contributed by atoms with E-state index in [-0.39, 0.29) is 23.4 Å². The van der Waals surface area contributed by atoms with Crippen molar-refractivity contribution in [2.75, 3.05) is 13.1 Å². The van der Waals surface area contributed by atoms with E-state index >= 15 is 0 Å². The van der Waals surface area contributed by atoms with Gasteiger partial charge in [0.25, 0.3) is 0 Å². The van der Waals surface area contributed by atoms with Crippen molar-refractivity contribution in [3.05, 3.63) is 11.7 Å². The second-order valence-electron chi connectivity index (χ2n) is 5.89. The normalized spacial score (nSPS) is 34.5. The van der Waals surface area contributed by atoms with Gasteiger partial charge >= 0.3 is 0 Å². The summed E-state index contributed by atoms with van der Waals surface area (Å²) >= 11 is 0. The van der Waals surface area contributed by atoms with Gasteiger partial charge in [0, 0.05) is 25.9 Å². The Kier molecular flexibility index (Phi) is 2.71. The molecule has 2 aliphatic heterocycles. The second kappa shape index (κ2) is 4.25. The third kappa shape index (κ3) is 1.97. The number of rotatable bonds is 3. The molecule has 3 heterocycles. The molecule has 3 fully saturated rings. The first kappa shape index (κ1) is 12.7. The first-order valence-electron chi connectivity index (χ1n) is 6.98. The van der Waals surface area contributed by atoms with Crippen LogP contribution in [0.1, 0.15) is 37.1 Å². The number of hydrogen-bond donors (Lipinski definition) is 0. The fourth-order valence-electron chi connectivity index (χ4n) is 3.12. The van der Waals surface area contributed by atoms with Crippen molar-refractivity contribution in [1.82, 2.24) is 14.4 Å². The van der Waals surface area contributed by atoms with E-state index in [2.05, 4.69) is 10.1 Å². The topological polar surface area (TPSA) is 85.5 Å². The average molecular weight is 299 g/mol. The van der Waals surface area contributed by atoms with Gasteiger partial charge in [0.15, 0.2) is 0 Å². The Labute approximate surface area is 117 Å². The second-order valence-corrected chi connectivity index (χ2v) is 8.10. The van der Waals surface area contributed by atoms with E-state index in [1.807, 2.05) is 0 Å². The summed E-state index contributed by atoms with van der Waals surface area (Å²) in [5, 5.41) is 3.75. The van der Waals surface area contributed by atoms with E-state index in [0.717, 1.165) is 19.3 Å². The maximum Gasteiger partial charge on any atom is 0.223 e. The summed E-state index contributed by atoms with van der Waals surface area (Å²) in [6.45, 7) is 2.78. The lowest BCUT2D eigenvalue weighted by molar-refractivity contribution is 0.0371. The van der Waals surface area contributed by atoms with Crippen LogP contribution >= 0.6 is 0 Å². The molecule has 0 bridgehead atoms. The van der Waals surface area contributed by atoms with Gasteiger partial charge in [-0.2, -0.15) is 9.29 Å². The summed E-state index contributed by atoms with van der Waals surface area (Å²) in [5.74, 6) is 1.35. The molecule has 4 rings (SSSR count). The smallest absolute Gasteiger partial charge is 0.223 e. The lowest BCUT2D eigenvalue weighted by Crippen LogP contribution is -2.33. The minimum atomic E-state index is -3.08. The quantitative estimate of drug-likeness (QED) is 0.814. The molecule has 8 heteroatoms. The van der Waals surface area contributed by atoms with Crippen LogP contribution in [0, 0.1) is 12.8 Å². The highest BCUT2D eigenvalue weighted by molar-refractivity contribution is 7.90. The number of nitrogens with zero attached hydrogens (tertiary/aromatic N) is 3. The average Bonchev–Trinajstić information content (AvgIpc) is 2.86. The van der Waals surface area contributed by atoms with E-state index in [1.165, 1.54) is 0 Å². The van der Waals surface area contributed by atoms with Crippen molar-refractivity contribution in [3.8, 4) is 0 Å². The van der Waals surface area contributed by atoms with Crippen LogP contribution in [-0.4, -0.2) is 47.3 Å². The maximum atomic E-state index is 12.2. The number of hydrogen-bond acceptors (Lipinski definition) is 6. The molecular formula is C12H17N3O4S. The van der Waals surface area contributed by atoms with E-state index in [4.69, 9.17) is 9.26 Å². The SMILES string of the molecule is Cc1nc([C@@H]2C[C@H]3CN(S(=O)(=O)C4CC4)C[C@H]3O2)no1. The zero-order chi connectivity index (χ0) is 13.9. The van der Waals surface area contributed by atoms with Crippen LogP contribution in [0.3, 0.4) is 0 Å². The molecule has 2 saturated heterocycles. The fourth-order valence-corrected chi connectivity index (χ4v) is 5.03. The monoisotopic (exact) mass is 299 g/mol. The minimum absolute atomic E-state index is 0.0349. The number of sulfonamides is 1. The van der Waals surface area contributed by atoms with Gasteiger partial charge in [0.2, 0.25) is 21.7 Å². The summed E-state index contributed by atoms with van der Waals surface area (Å²) in [7, 11) is -3.08. The number of ether oxygens (including phenoxy) is 1. The maximum absolute atomic E-state index is 12.2. The van der Waals surface area contributed by atoms with Crippen molar-refractivity contribution < 1.29 is 17.7 Å². The molecule has 110 valence electrons. The van der Waals surface area contributed by atoms with E-state index < -0.39 is 10.0 Å². The summed E-state index contributed by atoms with van der Waals surface area (Å²) < 4.78 is 36.9. The van der Waals surface area contributed by atoms with Gasteiger partial charge < -0.3 is 9.26 Å². The Bertz CT molecular complexity index is 610. The van der Waals surface area contributed by atoms with Gasteiger partial charge in [-0.05, 0) is 19.3 Å². The van der Waals surface area contributed by atoms with Gasteiger partial charge in [-0.25, -0.2) is 8.42 Å². The first-order chi connectivity index (χ1) is 9.54. The Balaban J connectivity index is 1.45. The van der Waals surface area contributed by atoms with Crippen molar-refractivity contribution in [3.63, 3.8) is 0 Å². The summed E-state index contributed by atoms with van der Waals surface area (Å²) in [6.07, 6.45) is 2.18. The first-order valence-corrected chi connectivity index (χ1v) is 8.49. The van der Waals surface area contributed by atoms with Gasteiger partial charge in [-0.15, -0.1) is 0 Å².